The summed E-state index contributed by atoms with van der Waals surface area (Å²) in [6, 6.07) is 20.4. The van der Waals surface area contributed by atoms with Crippen molar-refractivity contribution >= 4 is 17.4 Å². The van der Waals surface area contributed by atoms with Gasteiger partial charge in [0.05, 0.1) is 0 Å². The van der Waals surface area contributed by atoms with Crippen LogP contribution in [0.25, 0.3) is 0 Å². The summed E-state index contributed by atoms with van der Waals surface area (Å²) in [4.78, 5) is 29.1. The number of hydrogen-bond donors (Lipinski definition) is 0. The first-order chi connectivity index (χ1) is 15.5. The second-order valence-corrected chi connectivity index (χ2v) is 7.86. The molecule has 0 saturated carbocycles. The SMILES string of the molecule is Cc1cccc(N2CCN(C(=O)COc3ccc(C(=O)c4ccc(F)cc4)cc3)CC2)c1. The molecule has 0 N–H and O–H groups in total. The number of ether oxygens (including phenoxy) is 1. The Balaban J connectivity index is 1.27. The third-order valence-electron chi connectivity index (χ3n) is 5.58. The molecule has 1 heterocycles. The molecular formula is C26H25FN2O3. The van der Waals surface area contributed by atoms with Crippen molar-refractivity contribution in [3.05, 3.63) is 95.3 Å². The maximum absolute atomic E-state index is 13.0. The summed E-state index contributed by atoms with van der Waals surface area (Å²) in [5, 5.41) is 0. The average Bonchev–Trinajstić information content (AvgIpc) is 2.83. The topological polar surface area (TPSA) is 49.9 Å². The van der Waals surface area contributed by atoms with Crippen molar-refractivity contribution in [3.63, 3.8) is 0 Å². The Morgan fingerprint density at radius 2 is 1.50 bits per heavy atom. The van der Waals surface area contributed by atoms with Crippen molar-refractivity contribution < 1.29 is 18.7 Å². The van der Waals surface area contributed by atoms with Gasteiger partial charge in [0.15, 0.2) is 12.4 Å². The molecule has 1 saturated heterocycles. The zero-order chi connectivity index (χ0) is 22.5. The summed E-state index contributed by atoms with van der Waals surface area (Å²) >= 11 is 0. The molecule has 0 unspecified atom stereocenters. The van der Waals surface area contributed by atoms with E-state index in [0.717, 1.165) is 13.1 Å². The summed E-state index contributed by atoms with van der Waals surface area (Å²) in [5.74, 6) is -0.113. The molecular weight excluding hydrogens is 407 g/mol. The number of carbonyl (C=O) groups excluding carboxylic acids is 2. The number of anilines is 1. The van der Waals surface area contributed by atoms with Crippen LogP contribution in [-0.4, -0.2) is 49.4 Å². The molecule has 1 aliphatic heterocycles. The Bertz CT molecular complexity index is 1090. The monoisotopic (exact) mass is 432 g/mol. The zero-order valence-corrected chi connectivity index (χ0v) is 18.0. The molecule has 32 heavy (non-hydrogen) atoms. The molecule has 3 aromatic rings. The van der Waals surface area contributed by atoms with Crippen LogP contribution < -0.4 is 9.64 Å². The van der Waals surface area contributed by atoms with Crippen LogP contribution in [0.3, 0.4) is 0 Å². The molecule has 1 fully saturated rings. The van der Waals surface area contributed by atoms with Crippen LogP contribution in [0.5, 0.6) is 5.75 Å². The molecule has 1 amide bonds. The fraction of sp³-hybridized carbons (Fsp3) is 0.231. The molecule has 0 spiro atoms. The number of rotatable bonds is 6. The van der Waals surface area contributed by atoms with E-state index in [1.54, 1.807) is 24.3 Å². The van der Waals surface area contributed by atoms with Gasteiger partial charge in [0.25, 0.3) is 5.91 Å². The van der Waals surface area contributed by atoms with E-state index in [1.807, 2.05) is 4.90 Å². The summed E-state index contributed by atoms with van der Waals surface area (Å²) < 4.78 is 18.7. The van der Waals surface area contributed by atoms with E-state index in [2.05, 4.69) is 36.1 Å². The van der Waals surface area contributed by atoms with Gasteiger partial charge in [-0.1, -0.05) is 12.1 Å². The smallest absolute Gasteiger partial charge is 0.260 e. The summed E-state index contributed by atoms with van der Waals surface area (Å²) in [6.07, 6.45) is 0. The predicted octanol–water partition coefficient (Wildman–Crippen LogP) is 4.09. The molecule has 4 rings (SSSR count). The number of ketones is 1. The van der Waals surface area contributed by atoms with Gasteiger partial charge in [-0.2, -0.15) is 0 Å². The number of piperazine rings is 1. The molecule has 0 bridgehead atoms. The predicted molar refractivity (Wildman–Crippen MR) is 122 cm³/mol. The molecule has 164 valence electrons. The number of halogens is 1. The summed E-state index contributed by atoms with van der Waals surface area (Å²) in [6.45, 7) is 4.91. The highest BCUT2D eigenvalue weighted by Gasteiger charge is 2.21. The van der Waals surface area contributed by atoms with E-state index in [9.17, 15) is 14.0 Å². The second-order valence-electron chi connectivity index (χ2n) is 7.86. The Morgan fingerprint density at radius 3 is 2.12 bits per heavy atom. The van der Waals surface area contributed by atoms with Crippen LogP contribution in [0.15, 0.2) is 72.8 Å². The van der Waals surface area contributed by atoms with Gasteiger partial charge in [0.1, 0.15) is 11.6 Å². The van der Waals surface area contributed by atoms with Crippen LogP contribution in [0.1, 0.15) is 21.5 Å². The van der Waals surface area contributed by atoms with Crippen LogP contribution in [0.4, 0.5) is 10.1 Å². The van der Waals surface area contributed by atoms with Gasteiger partial charge in [-0.25, -0.2) is 4.39 Å². The minimum absolute atomic E-state index is 0.0459. The molecule has 0 radical (unpaired) electrons. The van der Waals surface area contributed by atoms with Crippen LogP contribution >= 0.6 is 0 Å². The third-order valence-corrected chi connectivity index (χ3v) is 5.58. The van der Waals surface area contributed by atoms with Crippen molar-refractivity contribution in [2.24, 2.45) is 0 Å². The van der Waals surface area contributed by atoms with E-state index in [1.165, 1.54) is 35.5 Å². The number of hydrogen-bond acceptors (Lipinski definition) is 4. The third kappa shape index (κ3) is 5.14. The van der Waals surface area contributed by atoms with Crippen molar-refractivity contribution in [1.82, 2.24) is 4.90 Å². The molecule has 3 aromatic carbocycles. The number of benzene rings is 3. The second kappa shape index (κ2) is 9.64. The molecule has 1 aliphatic rings. The Morgan fingerprint density at radius 1 is 0.875 bits per heavy atom. The first-order valence-corrected chi connectivity index (χ1v) is 10.6. The highest BCUT2D eigenvalue weighted by Crippen LogP contribution is 2.19. The fourth-order valence-electron chi connectivity index (χ4n) is 3.75. The molecule has 0 aromatic heterocycles. The van der Waals surface area contributed by atoms with Crippen molar-refractivity contribution in [2.75, 3.05) is 37.7 Å². The average molecular weight is 432 g/mol. The van der Waals surface area contributed by atoms with Gasteiger partial charge in [-0.15, -0.1) is 0 Å². The highest BCUT2D eigenvalue weighted by atomic mass is 19.1. The van der Waals surface area contributed by atoms with Crippen LogP contribution in [-0.2, 0) is 4.79 Å². The molecule has 5 nitrogen and oxygen atoms in total. The van der Waals surface area contributed by atoms with Crippen molar-refractivity contribution in [3.8, 4) is 5.75 Å². The van der Waals surface area contributed by atoms with E-state index in [4.69, 9.17) is 4.74 Å². The normalized spacial score (nSPS) is 13.7. The zero-order valence-electron chi connectivity index (χ0n) is 18.0. The fourth-order valence-corrected chi connectivity index (χ4v) is 3.75. The maximum Gasteiger partial charge on any atom is 0.260 e. The Kier molecular flexibility index (Phi) is 6.50. The Labute approximate surface area is 187 Å². The standard InChI is InChI=1S/C26H25FN2O3/c1-19-3-2-4-23(17-19)28-13-15-29(16-14-28)25(30)18-32-24-11-7-21(8-12-24)26(31)20-5-9-22(27)10-6-20/h2-12,17H,13-16,18H2,1H3. The van der Waals surface area contributed by atoms with Gasteiger partial charge < -0.3 is 14.5 Å². The lowest BCUT2D eigenvalue weighted by molar-refractivity contribution is -0.133. The summed E-state index contributed by atoms with van der Waals surface area (Å²) in [5.41, 5.74) is 3.30. The van der Waals surface area contributed by atoms with Gasteiger partial charge in [0, 0.05) is 43.0 Å². The first-order valence-electron chi connectivity index (χ1n) is 10.6. The number of amides is 1. The lowest BCUT2D eigenvalue weighted by Gasteiger charge is -2.36. The van der Waals surface area contributed by atoms with Gasteiger partial charge in [0.2, 0.25) is 0 Å². The maximum atomic E-state index is 13.0. The lowest BCUT2D eigenvalue weighted by Crippen LogP contribution is -2.50. The van der Waals surface area contributed by atoms with Crippen molar-refractivity contribution in [1.29, 1.82) is 0 Å². The largest absolute Gasteiger partial charge is 0.484 e. The number of nitrogens with zero attached hydrogens (tertiary/aromatic N) is 2. The molecule has 0 atom stereocenters. The Hall–Kier alpha value is -3.67. The van der Waals surface area contributed by atoms with Crippen molar-refractivity contribution in [2.45, 2.75) is 6.92 Å². The van der Waals surface area contributed by atoms with E-state index in [-0.39, 0.29) is 24.1 Å². The van der Waals surface area contributed by atoms with Gasteiger partial charge in [-0.05, 0) is 73.2 Å². The quantitative estimate of drug-likeness (QED) is 0.551. The number of carbonyl (C=O) groups is 2. The van der Waals surface area contributed by atoms with Crippen LogP contribution in [0, 0.1) is 12.7 Å². The first kappa shape index (κ1) is 21.6. The summed E-state index contributed by atoms with van der Waals surface area (Å²) in [7, 11) is 0. The highest BCUT2D eigenvalue weighted by molar-refractivity contribution is 6.09. The molecule has 6 heteroatoms. The van der Waals surface area contributed by atoms with E-state index in [0.29, 0.717) is 30.0 Å². The van der Waals surface area contributed by atoms with E-state index < -0.39 is 0 Å². The number of aryl methyl sites for hydroxylation is 1. The van der Waals surface area contributed by atoms with Crippen LogP contribution in [0.2, 0.25) is 0 Å². The van der Waals surface area contributed by atoms with Gasteiger partial charge >= 0.3 is 0 Å². The minimum atomic E-state index is -0.383. The van der Waals surface area contributed by atoms with Gasteiger partial charge in [-0.3, -0.25) is 9.59 Å². The lowest BCUT2D eigenvalue weighted by atomic mass is 10.0. The minimum Gasteiger partial charge on any atom is -0.484 e. The van der Waals surface area contributed by atoms with E-state index >= 15 is 0 Å². The molecule has 0 aliphatic carbocycles.